The van der Waals surface area contributed by atoms with E-state index in [4.69, 9.17) is 9.47 Å². The van der Waals surface area contributed by atoms with Crippen molar-refractivity contribution >= 4 is 56.0 Å². The summed E-state index contributed by atoms with van der Waals surface area (Å²) in [5.74, 6) is 1.82. The average molecular weight is 440 g/mol. The van der Waals surface area contributed by atoms with Gasteiger partial charge in [0.1, 0.15) is 11.5 Å². The monoisotopic (exact) mass is 440 g/mol. The molecule has 0 amide bonds. The van der Waals surface area contributed by atoms with E-state index in [1.54, 1.807) is 14.2 Å². The van der Waals surface area contributed by atoms with Crippen molar-refractivity contribution in [3.05, 3.63) is 31.4 Å². The molecule has 2 nitrogen and oxygen atoms in total. The summed E-state index contributed by atoms with van der Waals surface area (Å²) in [4.78, 5) is 0. The molecule has 0 bridgehead atoms. The zero-order valence-electron chi connectivity index (χ0n) is 8.88. The average Bonchev–Trinajstić information content (AvgIpc) is 2.31. The van der Waals surface area contributed by atoms with Crippen molar-refractivity contribution in [3.63, 3.8) is 0 Å². The van der Waals surface area contributed by atoms with E-state index in [2.05, 4.69) is 57.3 Å². The van der Waals surface area contributed by atoms with Gasteiger partial charge in [0.05, 0.1) is 21.4 Å². The molecule has 0 N–H and O–H groups in total. The van der Waals surface area contributed by atoms with Gasteiger partial charge in [0, 0.05) is 10.8 Å². The molecule has 0 radical (unpaired) electrons. The van der Waals surface area contributed by atoms with Crippen LogP contribution in [0.25, 0.3) is 10.8 Å². The van der Waals surface area contributed by atoms with Crippen LogP contribution in [0.2, 0.25) is 0 Å². The van der Waals surface area contributed by atoms with Crippen LogP contribution in [0, 0.1) is 7.14 Å². The maximum Gasteiger partial charge on any atom is 0.132 e. The number of hydrogen-bond acceptors (Lipinski definition) is 2. The number of fused-ring (bicyclic) bond motifs is 1. The lowest BCUT2D eigenvalue weighted by Crippen LogP contribution is -1.92. The minimum absolute atomic E-state index is 0.911. The second-order valence-corrected chi connectivity index (χ2v) is 5.42. The standard InChI is InChI=1S/C12H10I2O2/c1-15-9-5-3-8-7(11(9)13)4-6-10(16-2)12(8)14/h3-6H,1-2H3. The summed E-state index contributed by atoms with van der Waals surface area (Å²) in [7, 11) is 3.38. The minimum Gasteiger partial charge on any atom is -0.496 e. The second kappa shape index (κ2) is 4.95. The summed E-state index contributed by atoms with van der Waals surface area (Å²) in [6, 6.07) is 8.12. The molecule has 0 fully saturated rings. The first-order valence-corrected chi connectivity index (χ1v) is 6.83. The van der Waals surface area contributed by atoms with Crippen LogP contribution in [0.5, 0.6) is 11.5 Å². The maximum atomic E-state index is 5.31. The Morgan fingerprint density at radius 2 is 1.12 bits per heavy atom. The lowest BCUT2D eigenvalue weighted by Gasteiger charge is -2.10. The predicted molar refractivity (Wildman–Crippen MR) is 82.5 cm³/mol. The first-order valence-electron chi connectivity index (χ1n) is 4.67. The fourth-order valence-electron chi connectivity index (χ4n) is 1.61. The van der Waals surface area contributed by atoms with E-state index < -0.39 is 0 Å². The fourth-order valence-corrected chi connectivity index (χ4v) is 3.35. The largest absolute Gasteiger partial charge is 0.496 e. The molecule has 0 unspecified atom stereocenters. The molecule has 4 heteroatoms. The van der Waals surface area contributed by atoms with Gasteiger partial charge in [-0.15, -0.1) is 0 Å². The molecule has 0 heterocycles. The van der Waals surface area contributed by atoms with Gasteiger partial charge in [0.15, 0.2) is 0 Å². The van der Waals surface area contributed by atoms with Gasteiger partial charge in [-0.2, -0.15) is 0 Å². The second-order valence-electron chi connectivity index (χ2n) is 3.26. The van der Waals surface area contributed by atoms with Crippen molar-refractivity contribution in [2.45, 2.75) is 0 Å². The smallest absolute Gasteiger partial charge is 0.132 e. The van der Waals surface area contributed by atoms with Gasteiger partial charge >= 0.3 is 0 Å². The van der Waals surface area contributed by atoms with Crippen LogP contribution >= 0.6 is 45.2 Å². The van der Waals surface area contributed by atoms with Crippen LogP contribution in [0.3, 0.4) is 0 Å². The van der Waals surface area contributed by atoms with Crippen molar-refractivity contribution in [2.75, 3.05) is 14.2 Å². The van der Waals surface area contributed by atoms with Crippen LogP contribution in [0.1, 0.15) is 0 Å². The Morgan fingerprint density at radius 3 is 1.44 bits per heavy atom. The van der Waals surface area contributed by atoms with Crippen molar-refractivity contribution in [1.82, 2.24) is 0 Å². The molecule has 0 aliphatic rings. The fraction of sp³-hybridized carbons (Fsp3) is 0.167. The number of ether oxygens (including phenoxy) is 2. The third-order valence-electron chi connectivity index (χ3n) is 2.44. The molecule has 2 aromatic rings. The van der Waals surface area contributed by atoms with Crippen molar-refractivity contribution in [1.29, 1.82) is 0 Å². The molecule has 0 aliphatic heterocycles. The normalized spacial score (nSPS) is 10.5. The van der Waals surface area contributed by atoms with E-state index in [0.717, 1.165) is 18.6 Å². The number of benzene rings is 2. The lowest BCUT2D eigenvalue weighted by molar-refractivity contribution is 0.411. The van der Waals surface area contributed by atoms with E-state index >= 15 is 0 Å². The highest BCUT2D eigenvalue weighted by Crippen LogP contribution is 2.35. The van der Waals surface area contributed by atoms with Crippen LogP contribution in [0.15, 0.2) is 24.3 Å². The molecule has 0 saturated carbocycles. The number of rotatable bonds is 2. The van der Waals surface area contributed by atoms with Crippen LogP contribution in [-0.2, 0) is 0 Å². The zero-order chi connectivity index (χ0) is 11.7. The summed E-state index contributed by atoms with van der Waals surface area (Å²) >= 11 is 4.62. The molecule has 0 saturated heterocycles. The Morgan fingerprint density at radius 1 is 0.750 bits per heavy atom. The quantitative estimate of drug-likeness (QED) is 0.657. The molecule has 0 aliphatic carbocycles. The van der Waals surface area contributed by atoms with Crippen LogP contribution in [-0.4, -0.2) is 14.2 Å². The molecule has 84 valence electrons. The Bertz CT molecular complexity index is 489. The van der Waals surface area contributed by atoms with E-state index in [9.17, 15) is 0 Å². The minimum atomic E-state index is 0.911. The van der Waals surface area contributed by atoms with E-state index in [0.29, 0.717) is 0 Å². The summed E-state index contributed by atoms with van der Waals surface area (Å²) in [6.07, 6.45) is 0. The first-order chi connectivity index (χ1) is 7.69. The highest BCUT2D eigenvalue weighted by molar-refractivity contribution is 14.1. The van der Waals surface area contributed by atoms with Gasteiger partial charge in [-0.25, -0.2) is 0 Å². The Kier molecular flexibility index (Phi) is 3.78. The topological polar surface area (TPSA) is 18.5 Å². The van der Waals surface area contributed by atoms with E-state index in [1.165, 1.54) is 10.8 Å². The van der Waals surface area contributed by atoms with Gasteiger partial charge in [-0.05, 0) is 69.4 Å². The van der Waals surface area contributed by atoms with Crippen LogP contribution < -0.4 is 9.47 Å². The number of hydrogen-bond donors (Lipinski definition) is 0. The summed E-state index contributed by atoms with van der Waals surface area (Å²) in [6.45, 7) is 0. The molecule has 0 aromatic heterocycles. The Hall–Kier alpha value is -0.240. The van der Waals surface area contributed by atoms with E-state index in [-0.39, 0.29) is 0 Å². The Labute approximate surface area is 122 Å². The van der Waals surface area contributed by atoms with Crippen molar-refractivity contribution < 1.29 is 9.47 Å². The summed E-state index contributed by atoms with van der Waals surface area (Å²) in [5, 5.41) is 2.40. The Balaban J connectivity index is 2.78. The third-order valence-corrected chi connectivity index (χ3v) is 4.66. The molecule has 16 heavy (non-hydrogen) atoms. The van der Waals surface area contributed by atoms with Gasteiger partial charge in [-0.3, -0.25) is 0 Å². The molecular weight excluding hydrogens is 430 g/mol. The van der Waals surface area contributed by atoms with Gasteiger partial charge in [-0.1, -0.05) is 0 Å². The molecule has 0 atom stereocenters. The molecule has 2 rings (SSSR count). The summed E-state index contributed by atoms with van der Waals surface area (Å²) < 4.78 is 12.9. The van der Waals surface area contributed by atoms with E-state index in [1.807, 2.05) is 12.1 Å². The molecule has 2 aromatic carbocycles. The van der Waals surface area contributed by atoms with Crippen LogP contribution in [0.4, 0.5) is 0 Å². The third kappa shape index (κ3) is 1.97. The highest BCUT2D eigenvalue weighted by Gasteiger charge is 2.10. The van der Waals surface area contributed by atoms with Gasteiger partial charge in [0.25, 0.3) is 0 Å². The van der Waals surface area contributed by atoms with Crippen molar-refractivity contribution in [2.24, 2.45) is 0 Å². The lowest BCUT2D eigenvalue weighted by atomic mass is 10.1. The summed E-state index contributed by atoms with van der Waals surface area (Å²) in [5.41, 5.74) is 0. The van der Waals surface area contributed by atoms with Crippen molar-refractivity contribution in [3.8, 4) is 11.5 Å². The SMILES string of the molecule is COc1ccc2c(I)c(OC)ccc2c1I. The number of halogens is 2. The maximum absolute atomic E-state index is 5.31. The first kappa shape index (κ1) is 12.2. The predicted octanol–water partition coefficient (Wildman–Crippen LogP) is 4.07. The highest BCUT2D eigenvalue weighted by atomic mass is 127. The van der Waals surface area contributed by atoms with Gasteiger partial charge < -0.3 is 9.47 Å². The zero-order valence-corrected chi connectivity index (χ0v) is 13.2. The molecule has 0 spiro atoms. The molecular formula is C12H10I2O2. The number of methoxy groups -OCH3 is 2. The van der Waals surface area contributed by atoms with Gasteiger partial charge in [0.2, 0.25) is 0 Å².